The molecule has 0 aromatic heterocycles. The molecule has 2 aromatic carbocycles. The van der Waals surface area contributed by atoms with E-state index in [0.717, 1.165) is 37.8 Å². The van der Waals surface area contributed by atoms with Crippen LogP contribution in [0, 0.1) is 0 Å². The average molecular weight is 480 g/mol. The summed E-state index contributed by atoms with van der Waals surface area (Å²) in [6.45, 7) is 5.45. The number of hydrogen-bond donors (Lipinski definition) is 2. The number of halogens is 1. The standard InChI is InChI=1S/C21H28N4O.HI/c1-3-26-20-11-7-8-17(14-20)15-23-21(22-2)24-18-12-13-25(16-18)19-9-5-4-6-10-19;/h4-11,14,18H,3,12-13,15-16H2,1-2H3,(H2,22,23,24);1H. The number of rotatable bonds is 6. The van der Waals surface area contributed by atoms with Gasteiger partial charge in [-0.15, -0.1) is 24.0 Å². The molecule has 1 aliphatic heterocycles. The minimum atomic E-state index is 0. The van der Waals surface area contributed by atoms with E-state index in [1.165, 1.54) is 11.3 Å². The van der Waals surface area contributed by atoms with E-state index in [0.29, 0.717) is 12.6 Å². The van der Waals surface area contributed by atoms with Crippen molar-refractivity contribution in [3.63, 3.8) is 0 Å². The molecule has 0 saturated carbocycles. The second-order valence-corrected chi connectivity index (χ2v) is 6.42. The van der Waals surface area contributed by atoms with Gasteiger partial charge in [0.2, 0.25) is 0 Å². The molecular formula is C21H29IN4O. The van der Waals surface area contributed by atoms with Gasteiger partial charge in [-0.1, -0.05) is 30.3 Å². The van der Waals surface area contributed by atoms with Crippen LogP contribution in [0.4, 0.5) is 5.69 Å². The third-order valence-electron chi connectivity index (χ3n) is 4.54. The van der Waals surface area contributed by atoms with Crippen LogP contribution in [-0.2, 0) is 6.54 Å². The van der Waals surface area contributed by atoms with Gasteiger partial charge >= 0.3 is 0 Å². The van der Waals surface area contributed by atoms with Gasteiger partial charge in [0.05, 0.1) is 6.61 Å². The van der Waals surface area contributed by atoms with Gasteiger partial charge in [0.15, 0.2) is 5.96 Å². The summed E-state index contributed by atoms with van der Waals surface area (Å²) in [5, 5.41) is 6.94. The van der Waals surface area contributed by atoms with Gasteiger partial charge in [0.25, 0.3) is 0 Å². The molecule has 1 fully saturated rings. The maximum absolute atomic E-state index is 5.56. The van der Waals surface area contributed by atoms with Gasteiger partial charge < -0.3 is 20.3 Å². The SMILES string of the molecule is CCOc1cccc(CNC(=NC)NC2CCN(c3ccccc3)C2)c1.I. The lowest BCUT2D eigenvalue weighted by molar-refractivity contribution is 0.340. The first-order chi connectivity index (χ1) is 12.8. The van der Waals surface area contributed by atoms with Gasteiger partial charge in [-0.25, -0.2) is 0 Å². The number of benzene rings is 2. The van der Waals surface area contributed by atoms with E-state index in [-0.39, 0.29) is 24.0 Å². The van der Waals surface area contributed by atoms with Crippen molar-refractivity contribution in [2.24, 2.45) is 4.99 Å². The van der Waals surface area contributed by atoms with Crippen LogP contribution in [0.25, 0.3) is 0 Å². The fourth-order valence-corrected chi connectivity index (χ4v) is 3.24. The highest BCUT2D eigenvalue weighted by molar-refractivity contribution is 14.0. The van der Waals surface area contributed by atoms with Crippen molar-refractivity contribution in [1.82, 2.24) is 10.6 Å². The molecule has 2 aromatic rings. The zero-order valence-corrected chi connectivity index (χ0v) is 18.4. The normalized spacial score (nSPS) is 16.6. The maximum Gasteiger partial charge on any atom is 0.191 e. The largest absolute Gasteiger partial charge is 0.494 e. The van der Waals surface area contributed by atoms with Gasteiger partial charge in [0, 0.05) is 38.4 Å². The number of ether oxygens (including phenoxy) is 1. The van der Waals surface area contributed by atoms with Crippen LogP contribution in [0.15, 0.2) is 59.6 Å². The first-order valence-corrected chi connectivity index (χ1v) is 9.27. The summed E-state index contributed by atoms with van der Waals surface area (Å²) in [4.78, 5) is 6.78. The Morgan fingerprint density at radius 3 is 2.74 bits per heavy atom. The summed E-state index contributed by atoms with van der Waals surface area (Å²) in [5.74, 6) is 1.75. The maximum atomic E-state index is 5.56. The Labute approximate surface area is 179 Å². The molecule has 0 aliphatic carbocycles. The fourth-order valence-electron chi connectivity index (χ4n) is 3.24. The Kier molecular flexibility index (Phi) is 8.71. The van der Waals surface area contributed by atoms with Crippen LogP contribution in [0.3, 0.4) is 0 Å². The van der Waals surface area contributed by atoms with Crippen molar-refractivity contribution >= 4 is 35.6 Å². The lowest BCUT2D eigenvalue weighted by Crippen LogP contribution is -2.44. The first-order valence-electron chi connectivity index (χ1n) is 9.27. The fraction of sp³-hybridized carbons (Fsp3) is 0.381. The highest BCUT2D eigenvalue weighted by Gasteiger charge is 2.23. The summed E-state index contributed by atoms with van der Waals surface area (Å²) in [5.41, 5.74) is 2.46. The number of aliphatic imine (C=N–C) groups is 1. The molecule has 1 heterocycles. The lowest BCUT2D eigenvalue weighted by Gasteiger charge is -2.20. The van der Waals surface area contributed by atoms with E-state index < -0.39 is 0 Å². The van der Waals surface area contributed by atoms with E-state index in [1.54, 1.807) is 0 Å². The average Bonchev–Trinajstić information content (AvgIpc) is 3.15. The number of guanidine groups is 1. The van der Waals surface area contributed by atoms with Crippen molar-refractivity contribution in [3.8, 4) is 5.75 Å². The molecular weight excluding hydrogens is 451 g/mol. The molecule has 0 amide bonds. The molecule has 146 valence electrons. The van der Waals surface area contributed by atoms with Crippen molar-refractivity contribution < 1.29 is 4.74 Å². The molecule has 0 bridgehead atoms. The molecule has 1 atom stereocenters. The minimum absolute atomic E-state index is 0. The zero-order valence-electron chi connectivity index (χ0n) is 16.0. The molecule has 5 nitrogen and oxygen atoms in total. The molecule has 1 aliphatic rings. The first kappa shape index (κ1) is 21.3. The second-order valence-electron chi connectivity index (χ2n) is 6.42. The van der Waals surface area contributed by atoms with E-state index in [1.807, 2.05) is 26.1 Å². The minimum Gasteiger partial charge on any atom is -0.494 e. The summed E-state index contributed by atoms with van der Waals surface area (Å²) >= 11 is 0. The third-order valence-corrected chi connectivity index (χ3v) is 4.54. The molecule has 2 N–H and O–H groups in total. The van der Waals surface area contributed by atoms with E-state index in [9.17, 15) is 0 Å². The molecule has 1 unspecified atom stereocenters. The van der Waals surface area contributed by atoms with Gasteiger partial charge in [-0.05, 0) is 43.2 Å². The summed E-state index contributed by atoms with van der Waals surface area (Å²) in [6, 6.07) is 19.1. The van der Waals surface area contributed by atoms with E-state index in [4.69, 9.17) is 4.74 Å². The summed E-state index contributed by atoms with van der Waals surface area (Å²) in [6.07, 6.45) is 1.11. The third kappa shape index (κ3) is 6.30. The van der Waals surface area contributed by atoms with Crippen molar-refractivity contribution in [2.45, 2.75) is 25.9 Å². The number of nitrogens with zero attached hydrogens (tertiary/aromatic N) is 2. The summed E-state index contributed by atoms with van der Waals surface area (Å²) in [7, 11) is 1.82. The highest BCUT2D eigenvalue weighted by atomic mass is 127. The predicted octanol–water partition coefficient (Wildman–Crippen LogP) is 3.65. The van der Waals surface area contributed by atoms with Crippen LogP contribution >= 0.6 is 24.0 Å². The highest BCUT2D eigenvalue weighted by Crippen LogP contribution is 2.19. The van der Waals surface area contributed by atoms with Crippen LogP contribution in [-0.4, -0.2) is 38.7 Å². The molecule has 0 spiro atoms. The van der Waals surface area contributed by atoms with Crippen LogP contribution in [0.1, 0.15) is 18.9 Å². The van der Waals surface area contributed by atoms with Gasteiger partial charge in [-0.2, -0.15) is 0 Å². The van der Waals surface area contributed by atoms with Gasteiger partial charge in [-0.3, -0.25) is 4.99 Å². The smallest absolute Gasteiger partial charge is 0.191 e. The summed E-state index contributed by atoms with van der Waals surface area (Å²) < 4.78 is 5.56. The second kappa shape index (κ2) is 11.0. The van der Waals surface area contributed by atoms with E-state index >= 15 is 0 Å². The van der Waals surface area contributed by atoms with Crippen LogP contribution in [0.2, 0.25) is 0 Å². The topological polar surface area (TPSA) is 48.9 Å². The Hall–Kier alpha value is -1.96. The molecule has 27 heavy (non-hydrogen) atoms. The zero-order chi connectivity index (χ0) is 18.2. The van der Waals surface area contributed by atoms with Gasteiger partial charge in [0.1, 0.15) is 5.75 Å². The predicted molar refractivity (Wildman–Crippen MR) is 123 cm³/mol. The van der Waals surface area contributed by atoms with Crippen molar-refractivity contribution in [3.05, 3.63) is 60.2 Å². The molecule has 1 saturated heterocycles. The Morgan fingerprint density at radius 2 is 2.00 bits per heavy atom. The quantitative estimate of drug-likeness (QED) is 0.377. The molecule has 3 rings (SSSR count). The lowest BCUT2D eigenvalue weighted by atomic mass is 10.2. The number of para-hydroxylation sites is 1. The molecule has 0 radical (unpaired) electrons. The number of hydrogen-bond acceptors (Lipinski definition) is 3. The number of anilines is 1. The Morgan fingerprint density at radius 1 is 1.19 bits per heavy atom. The van der Waals surface area contributed by atoms with Crippen LogP contribution < -0.4 is 20.3 Å². The van der Waals surface area contributed by atoms with Crippen LogP contribution in [0.5, 0.6) is 5.75 Å². The Balaban J connectivity index is 0.00000261. The molecule has 6 heteroatoms. The van der Waals surface area contributed by atoms with Crippen molar-refractivity contribution in [1.29, 1.82) is 0 Å². The Bertz CT molecular complexity index is 723. The monoisotopic (exact) mass is 480 g/mol. The van der Waals surface area contributed by atoms with E-state index in [2.05, 4.69) is 63.0 Å². The van der Waals surface area contributed by atoms with Crippen molar-refractivity contribution in [2.75, 3.05) is 31.6 Å². The number of nitrogens with one attached hydrogen (secondary N) is 2.